The molecule has 0 fully saturated rings. The van der Waals surface area contributed by atoms with Crippen LogP contribution in [0, 0.1) is 0 Å². The Morgan fingerprint density at radius 3 is 2.60 bits per heavy atom. The Morgan fingerprint density at radius 1 is 1.30 bits per heavy atom. The zero-order valence-electron chi connectivity index (χ0n) is 12.2. The van der Waals surface area contributed by atoms with Gasteiger partial charge in [0.05, 0.1) is 6.33 Å². The molecule has 7 heteroatoms. The molecule has 0 radical (unpaired) electrons. The van der Waals surface area contributed by atoms with E-state index >= 15 is 0 Å². The lowest BCUT2D eigenvalue weighted by Crippen LogP contribution is -2.41. The topological polar surface area (TPSA) is 87.8 Å². The molecule has 0 spiro atoms. The maximum absolute atomic E-state index is 12.5. The molecule has 0 aliphatic rings. The molecule has 20 heavy (non-hydrogen) atoms. The van der Waals surface area contributed by atoms with E-state index in [1.54, 1.807) is 22.5 Å². The largest absolute Gasteiger partial charge is 0.332 e. The third kappa shape index (κ3) is 2.29. The number of aromatic nitrogens is 4. The van der Waals surface area contributed by atoms with Gasteiger partial charge < -0.3 is 10.3 Å². The molecule has 0 saturated heterocycles. The molecule has 0 aromatic carbocycles. The van der Waals surface area contributed by atoms with Crippen molar-refractivity contribution in [2.75, 3.05) is 6.54 Å². The Balaban J connectivity index is 2.71. The standard InChI is InChI=1S/C13H21N5O2/c1-9(2)18-11-10(16(3)8-15-11)12(19)17(13(18)20)7-5-4-6-14/h8-9H,4-7,14H2,1-3H3. The number of nitrogens with zero attached hydrogens (tertiary/aromatic N) is 4. The summed E-state index contributed by atoms with van der Waals surface area (Å²) < 4.78 is 4.52. The zero-order chi connectivity index (χ0) is 14.9. The first-order chi connectivity index (χ1) is 9.49. The molecule has 2 heterocycles. The van der Waals surface area contributed by atoms with Gasteiger partial charge >= 0.3 is 5.69 Å². The van der Waals surface area contributed by atoms with E-state index < -0.39 is 0 Å². The molecule has 2 rings (SSSR count). The van der Waals surface area contributed by atoms with Crippen LogP contribution < -0.4 is 17.0 Å². The first-order valence-corrected chi connectivity index (χ1v) is 6.85. The van der Waals surface area contributed by atoms with Gasteiger partial charge in [-0.2, -0.15) is 0 Å². The number of nitrogens with two attached hydrogens (primary N) is 1. The van der Waals surface area contributed by atoms with Crippen LogP contribution in [0.15, 0.2) is 15.9 Å². The SMILES string of the molecule is CC(C)n1c(=O)n(CCCCN)c(=O)c2c1ncn2C. The maximum atomic E-state index is 12.5. The predicted molar refractivity (Wildman–Crippen MR) is 77.9 cm³/mol. The van der Waals surface area contributed by atoms with Crippen LogP contribution in [0.2, 0.25) is 0 Å². The monoisotopic (exact) mass is 279 g/mol. The van der Waals surface area contributed by atoms with Crippen LogP contribution in [0.3, 0.4) is 0 Å². The lowest BCUT2D eigenvalue weighted by molar-refractivity contribution is 0.506. The van der Waals surface area contributed by atoms with Crippen molar-refractivity contribution in [3.05, 3.63) is 27.2 Å². The average molecular weight is 279 g/mol. The minimum atomic E-state index is -0.298. The highest BCUT2D eigenvalue weighted by Crippen LogP contribution is 2.10. The molecule has 2 aromatic rings. The van der Waals surface area contributed by atoms with Gasteiger partial charge in [-0.1, -0.05) is 0 Å². The van der Waals surface area contributed by atoms with Crippen LogP contribution in [0.5, 0.6) is 0 Å². The molecule has 0 bridgehead atoms. The summed E-state index contributed by atoms with van der Waals surface area (Å²) >= 11 is 0. The fourth-order valence-corrected chi connectivity index (χ4v) is 2.35. The van der Waals surface area contributed by atoms with Gasteiger partial charge in [-0.15, -0.1) is 0 Å². The van der Waals surface area contributed by atoms with E-state index in [4.69, 9.17) is 5.73 Å². The molecule has 0 unspecified atom stereocenters. The van der Waals surface area contributed by atoms with Crippen LogP contribution in [0.25, 0.3) is 11.2 Å². The van der Waals surface area contributed by atoms with Gasteiger partial charge in [0.25, 0.3) is 5.56 Å². The van der Waals surface area contributed by atoms with Crippen molar-refractivity contribution < 1.29 is 0 Å². The van der Waals surface area contributed by atoms with Crippen LogP contribution in [-0.4, -0.2) is 25.2 Å². The van der Waals surface area contributed by atoms with Crippen molar-refractivity contribution >= 4 is 11.2 Å². The lowest BCUT2D eigenvalue weighted by atomic mass is 10.3. The van der Waals surface area contributed by atoms with Gasteiger partial charge in [-0.25, -0.2) is 9.78 Å². The Bertz CT molecular complexity index is 723. The van der Waals surface area contributed by atoms with Gasteiger partial charge in [0, 0.05) is 19.6 Å². The molecule has 0 amide bonds. The number of hydrogen-bond donors (Lipinski definition) is 1. The fourth-order valence-electron chi connectivity index (χ4n) is 2.35. The molecule has 7 nitrogen and oxygen atoms in total. The number of rotatable bonds is 5. The quantitative estimate of drug-likeness (QED) is 0.793. The molecule has 110 valence electrons. The predicted octanol–water partition coefficient (Wildman–Crippen LogP) is 0.217. The molecule has 2 aromatic heterocycles. The van der Waals surface area contributed by atoms with E-state index in [1.165, 1.54) is 4.57 Å². The zero-order valence-corrected chi connectivity index (χ0v) is 12.2. The normalized spacial score (nSPS) is 11.7. The van der Waals surface area contributed by atoms with Crippen LogP contribution >= 0.6 is 0 Å². The minimum absolute atomic E-state index is 0.0544. The summed E-state index contributed by atoms with van der Waals surface area (Å²) in [5.74, 6) is 0. The molecule has 0 atom stereocenters. The maximum Gasteiger partial charge on any atom is 0.332 e. The number of aryl methyl sites for hydroxylation is 1. The highest BCUT2D eigenvalue weighted by molar-refractivity contribution is 5.70. The molecular weight excluding hydrogens is 258 g/mol. The Hall–Kier alpha value is -1.89. The van der Waals surface area contributed by atoms with Gasteiger partial charge in [-0.3, -0.25) is 13.9 Å². The van der Waals surface area contributed by atoms with Crippen molar-refractivity contribution in [2.24, 2.45) is 12.8 Å². The summed E-state index contributed by atoms with van der Waals surface area (Å²) in [5.41, 5.74) is 5.80. The van der Waals surface area contributed by atoms with Crippen LogP contribution in [-0.2, 0) is 13.6 Å². The van der Waals surface area contributed by atoms with Crippen molar-refractivity contribution in [3.8, 4) is 0 Å². The highest BCUT2D eigenvalue weighted by Gasteiger charge is 2.18. The number of fused-ring (bicyclic) bond motifs is 1. The molecule has 2 N–H and O–H groups in total. The molecule has 0 aliphatic carbocycles. The van der Waals surface area contributed by atoms with Crippen molar-refractivity contribution in [3.63, 3.8) is 0 Å². The summed E-state index contributed by atoms with van der Waals surface area (Å²) in [6.07, 6.45) is 3.07. The first kappa shape index (κ1) is 14.5. The van der Waals surface area contributed by atoms with Crippen LogP contribution in [0.1, 0.15) is 32.7 Å². The highest BCUT2D eigenvalue weighted by atomic mass is 16.2. The second-order valence-electron chi connectivity index (χ2n) is 5.23. The van der Waals surface area contributed by atoms with E-state index in [2.05, 4.69) is 4.98 Å². The van der Waals surface area contributed by atoms with Gasteiger partial charge in [0.2, 0.25) is 0 Å². The number of unbranched alkanes of at least 4 members (excludes halogenated alkanes) is 1. The van der Waals surface area contributed by atoms with E-state index in [-0.39, 0.29) is 17.3 Å². The van der Waals surface area contributed by atoms with Crippen molar-refractivity contribution in [2.45, 2.75) is 39.3 Å². The second-order valence-corrected chi connectivity index (χ2v) is 5.23. The third-order valence-electron chi connectivity index (χ3n) is 3.38. The van der Waals surface area contributed by atoms with E-state index in [9.17, 15) is 9.59 Å². The third-order valence-corrected chi connectivity index (χ3v) is 3.38. The average Bonchev–Trinajstić information content (AvgIpc) is 2.75. The summed E-state index contributed by atoms with van der Waals surface area (Å²) in [7, 11) is 1.76. The Labute approximate surface area is 116 Å². The summed E-state index contributed by atoms with van der Waals surface area (Å²) in [6, 6.07) is -0.0544. The van der Waals surface area contributed by atoms with Crippen LogP contribution in [0.4, 0.5) is 0 Å². The van der Waals surface area contributed by atoms with Gasteiger partial charge in [-0.05, 0) is 33.2 Å². The van der Waals surface area contributed by atoms with Crippen molar-refractivity contribution in [1.29, 1.82) is 0 Å². The summed E-state index contributed by atoms with van der Waals surface area (Å²) in [5, 5.41) is 0. The first-order valence-electron chi connectivity index (χ1n) is 6.85. The van der Waals surface area contributed by atoms with Gasteiger partial charge in [0.15, 0.2) is 11.2 Å². The Morgan fingerprint density at radius 2 is 2.00 bits per heavy atom. The number of hydrogen-bond acceptors (Lipinski definition) is 4. The second kappa shape index (κ2) is 5.62. The number of imidazole rings is 1. The summed E-state index contributed by atoms with van der Waals surface area (Å²) in [6.45, 7) is 4.76. The Kier molecular flexibility index (Phi) is 4.08. The van der Waals surface area contributed by atoms with E-state index in [0.717, 1.165) is 6.42 Å². The smallest absolute Gasteiger partial charge is 0.330 e. The molecule has 0 aliphatic heterocycles. The van der Waals surface area contributed by atoms with Crippen molar-refractivity contribution in [1.82, 2.24) is 18.7 Å². The summed E-state index contributed by atoms with van der Waals surface area (Å²) in [4.78, 5) is 29.1. The van der Waals surface area contributed by atoms with E-state index in [0.29, 0.717) is 30.7 Å². The minimum Gasteiger partial charge on any atom is -0.330 e. The van der Waals surface area contributed by atoms with E-state index in [1.807, 2.05) is 13.8 Å². The van der Waals surface area contributed by atoms with Gasteiger partial charge in [0.1, 0.15) is 0 Å². The fraction of sp³-hybridized carbons (Fsp3) is 0.615. The lowest BCUT2D eigenvalue weighted by Gasteiger charge is -2.14. The molecule has 0 saturated carbocycles. The molecular formula is C13H21N5O2.